The van der Waals surface area contributed by atoms with Crippen molar-refractivity contribution in [3.05, 3.63) is 20.2 Å². The fraction of sp³-hybridized carbons (Fsp3) is 1.00. The van der Waals surface area contributed by atoms with Crippen LogP contribution >= 0.6 is 0 Å². The topological polar surface area (TPSA) is 108 Å². The molecule has 0 saturated carbocycles. The number of hydrogen-bond donors (Lipinski definition) is 0. The Hall–Kier alpha value is -1.32. The van der Waals surface area contributed by atoms with E-state index >= 15 is 0 Å². The summed E-state index contributed by atoms with van der Waals surface area (Å²) in [6.07, 6.45) is -0.395. The second-order valence-corrected chi connectivity index (χ2v) is 3.76. The van der Waals surface area contributed by atoms with E-state index in [0.29, 0.717) is 5.23 Å². The van der Waals surface area contributed by atoms with Crippen molar-refractivity contribution in [3.8, 4) is 0 Å². The number of hydroxylamine groups is 2. The number of nitrogens with zero attached hydrogens (tertiary/aromatic N) is 3. The summed E-state index contributed by atoms with van der Waals surface area (Å²) in [7, 11) is 1.07. The molecule has 1 aliphatic heterocycles. The first-order valence-corrected chi connectivity index (χ1v) is 4.09. The summed E-state index contributed by atoms with van der Waals surface area (Å²) in [6.45, 7) is 3.02. The molecule has 0 aromatic rings. The normalized spacial score (nSPS) is 23.9. The monoisotopic (exact) mass is 221 g/mol. The molecule has 1 saturated heterocycles. The van der Waals surface area contributed by atoms with Gasteiger partial charge in [0.1, 0.15) is 21.9 Å². The Morgan fingerprint density at radius 2 is 1.80 bits per heavy atom. The van der Waals surface area contributed by atoms with Gasteiger partial charge in [0.2, 0.25) is 0 Å². The smallest absolute Gasteiger partial charge is 0.266 e. The third-order valence-corrected chi connectivity index (χ3v) is 2.04. The number of hydrogen-bond acceptors (Lipinski definition) is 7. The highest BCUT2D eigenvalue weighted by molar-refractivity contribution is 4.81. The summed E-state index contributed by atoms with van der Waals surface area (Å²) in [5, 5.41) is 21.9. The van der Waals surface area contributed by atoms with E-state index in [-0.39, 0.29) is 0 Å². The van der Waals surface area contributed by atoms with Gasteiger partial charge < -0.3 is 0 Å². The van der Waals surface area contributed by atoms with E-state index in [1.807, 2.05) is 0 Å². The predicted molar refractivity (Wildman–Crippen MR) is 45.3 cm³/mol. The van der Waals surface area contributed by atoms with Crippen LogP contribution in [0.4, 0.5) is 0 Å². The van der Waals surface area contributed by atoms with Gasteiger partial charge in [0.25, 0.3) is 0 Å². The molecule has 0 radical (unpaired) electrons. The lowest BCUT2D eigenvalue weighted by atomic mass is 10.0. The molecular formula is C6H11N3O6. The summed E-state index contributed by atoms with van der Waals surface area (Å²) < 4.78 is 0. The van der Waals surface area contributed by atoms with Crippen molar-refractivity contribution in [1.29, 1.82) is 0 Å². The van der Waals surface area contributed by atoms with Gasteiger partial charge in [-0.15, -0.1) is 0 Å². The van der Waals surface area contributed by atoms with Gasteiger partial charge in [0.05, 0.1) is 12.3 Å². The third kappa shape index (κ3) is 1.64. The van der Waals surface area contributed by atoms with Gasteiger partial charge in [-0.05, 0) is 13.8 Å². The summed E-state index contributed by atoms with van der Waals surface area (Å²) in [5.41, 5.74) is -1.02. The molecule has 0 spiro atoms. The van der Waals surface area contributed by atoms with Crippen LogP contribution in [0.1, 0.15) is 20.3 Å². The standard InChI is InChI=1S/C6H11N3O6/c1-5(2)4-6(7(10)11,8(12)13)9(14-3)15-5/h4H2,1-3H3. The maximum Gasteiger partial charge on any atom is 0.569 e. The van der Waals surface area contributed by atoms with Crippen LogP contribution < -0.4 is 0 Å². The molecule has 0 bridgehead atoms. The van der Waals surface area contributed by atoms with E-state index in [4.69, 9.17) is 4.84 Å². The van der Waals surface area contributed by atoms with Gasteiger partial charge in [-0.1, -0.05) is 0 Å². The fourth-order valence-corrected chi connectivity index (χ4v) is 1.48. The average Bonchev–Trinajstić information content (AvgIpc) is 2.38. The van der Waals surface area contributed by atoms with Crippen molar-refractivity contribution in [2.75, 3.05) is 7.11 Å². The molecular weight excluding hydrogens is 210 g/mol. The van der Waals surface area contributed by atoms with Gasteiger partial charge >= 0.3 is 5.79 Å². The zero-order valence-electron chi connectivity index (χ0n) is 8.50. The summed E-state index contributed by atoms with van der Waals surface area (Å²) >= 11 is 0. The maximum absolute atomic E-state index is 10.8. The lowest BCUT2D eigenvalue weighted by Gasteiger charge is -2.17. The van der Waals surface area contributed by atoms with Crippen LogP contribution in [0.15, 0.2) is 0 Å². The molecule has 0 atom stereocenters. The molecule has 1 fully saturated rings. The van der Waals surface area contributed by atoms with Crippen LogP contribution in [0.3, 0.4) is 0 Å². The van der Waals surface area contributed by atoms with Crippen LogP contribution in [0, 0.1) is 20.2 Å². The molecule has 15 heavy (non-hydrogen) atoms. The second kappa shape index (κ2) is 3.36. The second-order valence-electron chi connectivity index (χ2n) is 3.76. The van der Waals surface area contributed by atoms with Gasteiger partial charge in [-0.25, -0.2) is 0 Å². The highest BCUT2D eigenvalue weighted by atomic mass is 17.0. The Morgan fingerprint density at radius 1 is 1.33 bits per heavy atom. The van der Waals surface area contributed by atoms with Gasteiger partial charge in [0, 0.05) is 0 Å². The predicted octanol–water partition coefficient (Wildman–Crippen LogP) is 0.171. The lowest BCUT2D eigenvalue weighted by Crippen LogP contribution is -2.55. The van der Waals surface area contributed by atoms with E-state index in [9.17, 15) is 20.2 Å². The quantitative estimate of drug-likeness (QED) is 0.379. The van der Waals surface area contributed by atoms with Crippen LogP contribution in [-0.4, -0.2) is 33.6 Å². The van der Waals surface area contributed by atoms with E-state index in [1.165, 1.54) is 13.8 Å². The maximum atomic E-state index is 10.8. The fourth-order valence-electron chi connectivity index (χ4n) is 1.48. The van der Waals surface area contributed by atoms with Crippen molar-refractivity contribution in [3.63, 3.8) is 0 Å². The minimum Gasteiger partial charge on any atom is -0.266 e. The van der Waals surface area contributed by atoms with E-state index < -0.39 is 27.7 Å². The summed E-state index contributed by atoms with van der Waals surface area (Å²) in [5.74, 6) is -2.57. The van der Waals surface area contributed by atoms with E-state index in [0.717, 1.165) is 7.11 Å². The Labute approximate surface area is 84.8 Å². The SMILES string of the molecule is CON1OC(C)(C)CC1([N+](=O)[O-])[N+](=O)[O-]. The Balaban J connectivity index is 3.17. The Kier molecular flexibility index (Phi) is 2.63. The van der Waals surface area contributed by atoms with Crippen LogP contribution in [-0.2, 0) is 9.68 Å². The van der Waals surface area contributed by atoms with E-state index in [2.05, 4.69) is 4.84 Å². The zero-order valence-corrected chi connectivity index (χ0v) is 8.50. The summed E-state index contributed by atoms with van der Waals surface area (Å²) in [4.78, 5) is 29.0. The van der Waals surface area contributed by atoms with Crippen LogP contribution in [0.25, 0.3) is 0 Å². The highest BCUT2D eigenvalue weighted by Crippen LogP contribution is 2.39. The van der Waals surface area contributed by atoms with Crippen LogP contribution in [0.5, 0.6) is 0 Å². The average molecular weight is 221 g/mol. The van der Waals surface area contributed by atoms with Crippen molar-refractivity contribution >= 4 is 0 Å². The molecule has 0 N–H and O–H groups in total. The first kappa shape index (κ1) is 11.8. The van der Waals surface area contributed by atoms with Crippen molar-refractivity contribution in [1.82, 2.24) is 5.23 Å². The molecule has 1 aliphatic rings. The molecule has 9 heteroatoms. The molecule has 0 aromatic carbocycles. The number of rotatable bonds is 3. The van der Waals surface area contributed by atoms with Gasteiger partial charge in [0.15, 0.2) is 0 Å². The van der Waals surface area contributed by atoms with Crippen molar-refractivity contribution in [2.24, 2.45) is 0 Å². The zero-order chi connectivity index (χ0) is 11.9. The molecule has 0 unspecified atom stereocenters. The minimum atomic E-state index is -2.57. The molecule has 9 nitrogen and oxygen atoms in total. The molecule has 1 rings (SSSR count). The van der Waals surface area contributed by atoms with Gasteiger partial charge in [-0.3, -0.25) is 29.9 Å². The molecule has 0 amide bonds. The highest BCUT2D eigenvalue weighted by Gasteiger charge is 2.73. The van der Waals surface area contributed by atoms with Gasteiger partial charge in [-0.2, -0.15) is 0 Å². The van der Waals surface area contributed by atoms with Crippen LogP contribution in [0.2, 0.25) is 0 Å². The largest absolute Gasteiger partial charge is 0.569 e. The molecule has 0 aliphatic carbocycles. The third-order valence-electron chi connectivity index (χ3n) is 2.04. The summed E-state index contributed by atoms with van der Waals surface area (Å²) in [6, 6.07) is 0. The van der Waals surface area contributed by atoms with Crippen molar-refractivity contribution < 1.29 is 19.5 Å². The first-order chi connectivity index (χ1) is 6.76. The van der Waals surface area contributed by atoms with E-state index in [1.54, 1.807) is 0 Å². The lowest BCUT2D eigenvalue weighted by molar-refractivity contribution is -0.850. The first-order valence-electron chi connectivity index (χ1n) is 4.09. The Bertz CT molecular complexity index is 289. The molecule has 86 valence electrons. The minimum absolute atomic E-state index is 0.326. The van der Waals surface area contributed by atoms with Crippen molar-refractivity contribution in [2.45, 2.75) is 31.7 Å². The Morgan fingerprint density at radius 3 is 2.07 bits per heavy atom. The molecule has 1 heterocycles. The number of nitro groups is 2. The molecule has 0 aromatic heterocycles.